The summed E-state index contributed by atoms with van der Waals surface area (Å²) in [7, 11) is 2.98. The van der Waals surface area contributed by atoms with Crippen molar-refractivity contribution in [2.24, 2.45) is 7.05 Å². The first-order valence-corrected chi connectivity index (χ1v) is 8.85. The SMILES string of the molecule is COc1ccc(N(S)C(=O)Nc2ccc(C(F)(F)F)cc2)cc1-c1c(F)cnn1C. The summed E-state index contributed by atoms with van der Waals surface area (Å²) in [6.07, 6.45) is -3.42. The number of aryl methyl sites for hydroxylation is 1. The van der Waals surface area contributed by atoms with E-state index >= 15 is 0 Å². The highest BCUT2D eigenvalue weighted by molar-refractivity contribution is 7.82. The van der Waals surface area contributed by atoms with Gasteiger partial charge in [0.1, 0.15) is 11.4 Å². The predicted octanol–water partition coefficient (Wildman–Crippen LogP) is 5.14. The zero-order valence-electron chi connectivity index (χ0n) is 15.7. The van der Waals surface area contributed by atoms with Gasteiger partial charge in [-0.3, -0.25) is 4.68 Å². The first kappa shape index (κ1) is 21.5. The molecule has 0 aliphatic rings. The van der Waals surface area contributed by atoms with Crippen molar-refractivity contribution in [3.8, 4) is 17.0 Å². The molecule has 0 radical (unpaired) electrons. The van der Waals surface area contributed by atoms with E-state index in [1.165, 1.54) is 30.0 Å². The fraction of sp³-hybridized carbons (Fsp3) is 0.158. The number of urea groups is 1. The molecule has 2 aromatic carbocycles. The van der Waals surface area contributed by atoms with Crippen LogP contribution in [0.2, 0.25) is 0 Å². The molecular formula is C19H16F4N4O2S. The van der Waals surface area contributed by atoms with E-state index < -0.39 is 23.6 Å². The Morgan fingerprint density at radius 1 is 1.20 bits per heavy atom. The maximum Gasteiger partial charge on any atom is 0.416 e. The summed E-state index contributed by atoms with van der Waals surface area (Å²) in [6.45, 7) is 0. The fourth-order valence-electron chi connectivity index (χ4n) is 2.76. The third-order valence-electron chi connectivity index (χ3n) is 4.23. The molecule has 0 unspecified atom stereocenters. The number of amides is 2. The average Bonchev–Trinajstić information content (AvgIpc) is 3.04. The molecule has 0 aliphatic carbocycles. The van der Waals surface area contributed by atoms with E-state index in [1.54, 1.807) is 7.05 Å². The first-order valence-electron chi connectivity index (χ1n) is 8.45. The van der Waals surface area contributed by atoms with Crippen molar-refractivity contribution >= 4 is 30.2 Å². The van der Waals surface area contributed by atoms with E-state index in [-0.39, 0.29) is 17.1 Å². The van der Waals surface area contributed by atoms with Crippen LogP contribution in [0, 0.1) is 5.82 Å². The lowest BCUT2D eigenvalue weighted by atomic mass is 10.1. The number of benzene rings is 2. The molecule has 0 bridgehead atoms. The number of nitrogens with one attached hydrogen (secondary N) is 1. The van der Waals surface area contributed by atoms with Gasteiger partial charge in [0.15, 0.2) is 5.82 Å². The topological polar surface area (TPSA) is 59.4 Å². The molecule has 1 N–H and O–H groups in total. The van der Waals surface area contributed by atoms with Crippen LogP contribution < -0.4 is 14.4 Å². The van der Waals surface area contributed by atoms with Gasteiger partial charge >= 0.3 is 12.2 Å². The van der Waals surface area contributed by atoms with Crippen LogP contribution in [0.25, 0.3) is 11.3 Å². The van der Waals surface area contributed by atoms with Crippen LogP contribution in [0.3, 0.4) is 0 Å². The van der Waals surface area contributed by atoms with Crippen LogP contribution >= 0.6 is 12.8 Å². The standard InChI is InChI=1S/C19H16F4N4O2S/c1-26-17(15(20)10-24-26)14-9-13(7-8-16(14)29-2)27(30)18(28)25-12-5-3-11(4-6-12)19(21,22)23/h3-10,30H,1-2H3,(H,25,28). The number of aromatic nitrogens is 2. The van der Waals surface area contributed by atoms with Gasteiger partial charge in [0.2, 0.25) is 0 Å². The highest BCUT2D eigenvalue weighted by Gasteiger charge is 2.30. The molecule has 0 saturated carbocycles. The van der Waals surface area contributed by atoms with Crippen LogP contribution in [0.15, 0.2) is 48.7 Å². The number of thiol groups is 1. The molecule has 1 heterocycles. The lowest BCUT2D eigenvalue weighted by Gasteiger charge is -2.19. The van der Waals surface area contributed by atoms with Crippen LogP contribution in [0.1, 0.15) is 5.56 Å². The lowest BCUT2D eigenvalue weighted by molar-refractivity contribution is -0.137. The van der Waals surface area contributed by atoms with E-state index in [1.807, 2.05) is 0 Å². The van der Waals surface area contributed by atoms with Crippen LogP contribution in [-0.2, 0) is 13.2 Å². The highest BCUT2D eigenvalue weighted by atomic mass is 32.1. The number of halogens is 4. The van der Waals surface area contributed by atoms with Gasteiger partial charge in [0.25, 0.3) is 0 Å². The van der Waals surface area contributed by atoms with Crippen LogP contribution in [0.4, 0.5) is 33.7 Å². The van der Waals surface area contributed by atoms with E-state index in [2.05, 4.69) is 23.2 Å². The van der Waals surface area contributed by atoms with Gasteiger partial charge < -0.3 is 10.1 Å². The van der Waals surface area contributed by atoms with Crippen molar-refractivity contribution in [3.05, 3.63) is 60.0 Å². The Hall–Kier alpha value is -3.21. The Morgan fingerprint density at radius 3 is 2.40 bits per heavy atom. The molecule has 1 aromatic heterocycles. The molecule has 0 aliphatic heterocycles. The van der Waals surface area contributed by atoms with Crippen LogP contribution in [-0.4, -0.2) is 22.9 Å². The minimum Gasteiger partial charge on any atom is -0.496 e. The molecule has 0 saturated heterocycles. The van der Waals surface area contributed by atoms with Gasteiger partial charge in [-0.15, -0.1) is 0 Å². The van der Waals surface area contributed by atoms with E-state index in [4.69, 9.17) is 4.74 Å². The van der Waals surface area contributed by atoms with Crippen LogP contribution in [0.5, 0.6) is 5.75 Å². The summed E-state index contributed by atoms with van der Waals surface area (Å²) in [5, 5.41) is 6.30. The number of carbonyl (C=O) groups excluding carboxylic acids is 1. The molecule has 6 nitrogen and oxygen atoms in total. The quantitative estimate of drug-likeness (QED) is 0.437. The van der Waals surface area contributed by atoms with Crippen molar-refractivity contribution in [2.45, 2.75) is 6.18 Å². The van der Waals surface area contributed by atoms with Gasteiger partial charge in [0.05, 0.1) is 24.6 Å². The maximum atomic E-state index is 14.2. The molecule has 158 valence electrons. The van der Waals surface area contributed by atoms with Gasteiger partial charge in [0, 0.05) is 18.3 Å². The Bertz CT molecular complexity index is 1050. The van der Waals surface area contributed by atoms with Crippen molar-refractivity contribution < 1.29 is 27.1 Å². The fourth-order valence-corrected chi connectivity index (χ4v) is 2.94. The minimum absolute atomic E-state index is 0.151. The molecule has 0 atom stereocenters. The summed E-state index contributed by atoms with van der Waals surface area (Å²) in [6, 6.07) is 7.80. The molecular weight excluding hydrogens is 424 g/mol. The van der Waals surface area contributed by atoms with Gasteiger partial charge in [-0.25, -0.2) is 13.5 Å². The number of ether oxygens (including phenoxy) is 1. The van der Waals surface area contributed by atoms with Crippen molar-refractivity contribution in [1.82, 2.24) is 9.78 Å². The Kier molecular flexibility index (Phi) is 5.92. The number of nitrogens with zero attached hydrogens (tertiary/aromatic N) is 3. The Labute approximate surface area is 174 Å². The third-order valence-corrected chi connectivity index (χ3v) is 4.65. The number of alkyl halides is 3. The normalized spacial score (nSPS) is 11.3. The number of anilines is 2. The average molecular weight is 440 g/mol. The van der Waals surface area contributed by atoms with Gasteiger partial charge in [-0.1, -0.05) is 12.8 Å². The summed E-state index contributed by atoms with van der Waals surface area (Å²) in [4.78, 5) is 12.5. The molecule has 11 heteroatoms. The highest BCUT2D eigenvalue weighted by Crippen LogP contribution is 2.35. The Morgan fingerprint density at radius 2 is 1.87 bits per heavy atom. The minimum atomic E-state index is -4.47. The number of methoxy groups -OCH3 is 1. The second-order valence-corrected chi connectivity index (χ2v) is 6.57. The zero-order chi connectivity index (χ0) is 22.1. The largest absolute Gasteiger partial charge is 0.496 e. The third kappa shape index (κ3) is 4.35. The number of hydrogen-bond acceptors (Lipinski definition) is 4. The van der Waals surface area contributed by atoms with Gasteiger partial charge in [-0.2, -0.15) is 18.3 Å². The smallest absolute Gasteiger partial charge is 0.416 e. The van der Waals surface area contributed by atoms with E-state index in [9.17, 15) is 22.4 Å². The number of carbonyl (C=O) groups is 1. The summed E-state index contributed by atoms with van der Waals surface area (Å²) >= 11 is 4.16. The molecule has 30 heavy (non-hydrogen) atoms. The molecule has 3 aromatic rings. The molecule has 2 amide bonds. The molecule has 0 spiro atoms. The summed E-state index contributed by atoms with van der Waals surface area (Å²) in [5.74, 6) is -0.223. The predicted molar refractivity (Wildman–Crippen MR) is 107 cm³/mol. The number of hydrogen-bond donors (Lipinski definition) is 2. The van der Waals surface area contributed by atoms with Gasteiger partial charge in [-0.05, 0) is 42.5 Å². The monoisotopic (exact) mass is 440 g/mol. The second kappa shape index (κ2) is 8.27. The summed E-state index contributed by atoms with van der Waals surface area (Å²) < 4.78 is 59.7. The second-order valence-electron chi connectivity index (χ2n) is 6.17. The van der Waals surface area contributed by atoms with E-state index in [0.717, 1.165) is 34.8 Å². The van der Waals surface area contributed by atoms with Crippen molar-refractivity contribution in [2.75, 3.05) is 16.7 Å². The van der Waals surface area contributed by atoms with E-state index in [0.29, 0.717) is 11.3 Å². The first-order chi connectivity index (χ1) is 14.1. The lowest BCUT2D eigenvalue weighted by Crippen LogP contribution is -2.26. The van der Waals surface area contributed by atoms with Crippen molar-refractivity contribution in [1.29, 1.82) is 0 Å². The summed E-state index contributed by atoms with van der Waals surface area (Å²) in [5.41, 5.74) is 0.0892. The molecule has 3 rings (SSSR count). The zero-order valence-corrected chi connectivity index (χ0v) is 16.6. The maximum absolute atomic E-state index is 14.2. The Balaban J connectivity index is 1.85. The number of rotatable bonds is 4. The van der Waals surface area contributed by atoms with Crippen molar-refractivity contribution in [3.63, 3.8) is 0 Å². The molecule has 0 fully saturated rings.